The third-order valence-corrected chi connectivity index (χ3v) is 4.67. The van der Waals surface area contributed by atoms with E-state index in [0.717, 1.165) is 5.46 Å². The maximum absolute atomic E-state index is 6.04. The van der Waals surface area contributed by atoms with Crippen LogP contribution in [0.4, 0.5) is 0 Å². The lowest BCUT2D eigenvalue weighted by Gasteiger charge is -2.32. The van der Waals surface area contributed by atoms with Crippen molar-refractivity contribution in [2.24, 2.45) is 0 Å². The van der Waals surface area contributed by atoms with E-state index in [9.17, 15) is 0 Å². The van der Waals surface area contributed by atoms with Crippen molar-refractivity contribution < 1.29 is 9.31 Å². The number of hydrogen-bond acceptors (Lipinski definition) is 4. The standard InChI is InChI=1S/C13H16BNO2S/c1-12(2)13(3,4)17-14(16-12)10-6-5-9-8-15-18-11(9)7-10/h5-8H,1-4H3. The Labute approximate surface area is 111 Å². The summed E-state index contributed by atoms with van der Waals surface area (Å²) in [6.45, 7) is 8.27. The van der Waals surface area contributed by atoms with Crippen LogP contribution in [0.25, 0.3) is 10.1 Å². The molecule has 0 radical (unpaired) electrons. The fraction of sp³-hybridized carbons (Fsp3) is 0.462. The highest BCUT2D eigenvalue weighted by molar-refractivity contribution is 7.13. The molecule has 2 aromatic rings. The van der Waals surface area contributed by atoms with Gasteiger partial charge in [-0.05, 0) is 50.8 Å². The topological polar surface area (TPSA) is 31.4 Å². The number of nitrogens with zero attached hydrogens (tertiary/aromatic N) is 1. The third kappa shape index (κ3) is 1.78. The Morgan fingerprint density at radius 1 is 1.11 bits per heavy atom. The quantitative estimate of drug-likeness (QED) is 0.739. The lowest BCUT2D eigenvalue weighted by atomic mass is 9.79. The van der Waals surface area contributed by atoms with E-state index in [2.05, 4.69) is 50.3 Å². The van der Waals surface area contributed by atoms with Gasteiger partial charge in [0, 0.05) is 11.6 Å². The van der Waals surface area contributed by atoms with Crippen LogP contribution in [-0.4, -0.2) is 22.7 Å². The van der Waals surface area contributed by atoms with Gasteiger partial charge in [-0.3, -0.25) is 0 Å². The molecule has 0 atom stereocenters. The Balaban J connectivity index is 1.96. The number of aromatic nitrogens is 1. The van der Waals surface area contributed by atoms with Gasteiger partial charge in [0.15, 0.2) is 0 Å². The highest BCUT2D eigenvalue weighted by atomic mass is 32.1. The summed E-state index contributed by atoms with van der Waals surface area (Å²) in [5.74, 6) is 0. The van der Waals surface area contributed by atoms with Crippen molar-refractivity contribution in [2.45, 2.75) is 38.9 Å². The molecule has 1 fully saturated rings. The minimum atomic E-state index is -0.291. The number of rotatable bonds is 1. The molecule has 0 saturated carbocycles. The summed E-state index contributed by atoms with van der Waals surface area (Å²) in [6, 6.07) is 6.23. The van der Waals surface area contributed by atoms with Gasteiger partial charge in [-0.1, -0.05) is 12.1 Å². The minimum absolute atomic E-state index is 0.290. The fourth-order valence-corrected chi connectivity index (χ4v) is 2.70. The summed E-state index contributed by atoms with van der Waals surface area (Å²) in [4.78, 5) is 0. The highest BCUT2D eigenvalue weighted by Crippen LogP contribution is 2.36. The van der Waals surface area contributed by atoms with Gasteiger partial charge in [0.25, 0.3) is 0 Å². The van der Waals surface area contributed by atoms with Crippen LogP contribution >= 0.6 is 11.5 Å². The van der Waals surface area contributed by atoms with Crippen LogP contribution in [0.3, 0.4) is 0 Å². The van der Waals surface area contributed by atoms with E-state index in [4.69, 9.17) is 9.31 Å². The van der Waals surface area contributed by atoms with Gasteiger partial charge in [-0.25, -0.2) is 0 Å². The van der Waals surface area contributed by atoms with E-state index in [1.54, 1.807) is 0 Å². The van der Waals surface area contributed by atoms with Crippen molar-refractivity contribution in [3.05, 3.63) is 24.4 Å². The van der Waals surface area contributed by atoms with Crippen molar-refractivity contribution in [2.75, 3.05) is 0 Å². The molecule has 0 spiro atoms. The predicted molar refractivity (Wildman–Crippen MR) is 75.3 cm³/mol. The summed E-state index contributed by atoms with van der Waals surface area (Å²) < 4.78 is 17.4. The average molecular weight is 261 g/mol. The van der Waals surface area contributed by atoms with Crippen LogP contribution in [0.2, 0.25) is 0 Å². The van der Waals surface area contributed by atoms with Gasteiger partial charge in [0.1, 0.15) is 0 Å². The van der Waals surface area contributed by atoms with Gasteiger partial charge < -0.3 is 9.31 Å². The zero-order valence-electron chi connectivity index (χ0n) is 11.1. The molecule has 1 aliphatic heterocycles. The molecule has 1 aromatic carbocycles. The Morgan fingerprint density at radius 2 is 1.78 bits per heavy atom. The molecule has 0 bridgehead atoms. The Bertz CT molecular complexity index is 577. The second-order valence-electron chi connectivity index (χ2n) is 5.71. The lowest BCUT2D eigenvalue weighted by molar-refractivity contribution is 0.00578. The summed E-state index contributed by atoms with van der Waals surface area (Å²) in [5, 5.41) is 1.17. The van der Waals surface area contributed by atoms with Crippen molar-refractivity contribution >= 4 is 34.2 Å². The van der Waals surface area contributed by atoms with Crippen molar-refractivity contribution in [1.82, 2.24) is 4.37 Å². The molecule has 0 unspecified atom stereocenters. The molecule has 3 rings (SSSR count). The van der Waals surface area contributed by atoms with Crippen LogP contribution in [0, 0.1) is 0 Å². The maximum atomic E-state index is 6.04. The smallest absolute Gasteiger partial charge is 0.399 e. The number of fused-ring (bicyclic) bond motifs is 1. The van der Waals surface area contributed by atoms with Crippen LogP contribution in [0.15, 0.2) is 24.4 Å². The second-order valence-corrected chi connectivity index (χ2v) is 6.54. The lowest BCUT2D eigenvalue weighted by Crippen LogP contribution is -2.41. The Kier molecular flexibility index (Phi) is 2.56. The molecule has 0 N–H and O–H groups in total. The second kappa shape index (κ2) is 3.79. The molecule has 1 saturated heterocycles. The summed E-state index contributed by atoms with van der Waals surface area (Å²) in [7, 11) is -0.290. The molecule has 0 amide bonds. The first-order valence-electron chi connectivity index (χ1n) is 6.09. The molecule has 5 heteroatoms. The molecule has 3 nitrogen and oxygen atoms in total. The van der Waals surface area contributed by atoms with E-state index < -0.39 is 0 Å². The monoisotopic (exact) mass is 261 g/mol. The molecule has 1 aliphatic rings. The largest absolute Gasteiger partial charge is 0.494 e. The highest BCUT2D eigenvalue weighted by Gasteiger charge is 2.51. The minimum Gasteiger partial charge on any atom is -0.399 e. The average Bonchev–Trinajstić information content (AvgIpc) is 2.80. The molecule has 0 aliphatic carbocycles. The van der Waals surface area contributed by atoms with Crippen LogP contribution in [0.5, 0.6) is 0 Å². The van der Waals surface area contributed by atoms with Gasteiger partial charge in [-0.15, -0.1) is 0 Å². The summed E-state index contributed by atoms with van der Waals surface area (Å²) in [6.07, 6.45) is 1.88. The molecule has 18 heavy (non-hydrogen) atoms. The molecular formula is C13H16BNO2S. The first kappa shape index (κ1) is 12.1. The third-order valence-electron chi connectivity index (χ3n) is 3.91. The van der Waals surface area contributed by atoms with Crippen molar-refractivity contribution in [3.8, 4) is 0 Å². The zero-order valence-corrected chi connectivity index (χ0v) is 11.9. The normalized spacial score (nSPS) is 21.7. The van der Waals surface area contributed by atoms with Gasteiger partial charge in [0.05, 0.1) is 15.9 Å². The SMILES string of the molecule is CC1(C)OB(c2ccc3cnsc3c2)OC1(C)C. The van der Waals surface area contributed by atoms with Crippen LogP contribution in [0.1, 0.15) is 27.7 Å². The summed E-state index contributed by atoms with van der Waals surface area (Å²) in [5.41, 5.74) is 0.478. The molecular weight excluding hydrogens is 245 g/mol. The first-order chi connectivity index (χ1) is 8.39. The molecule has 94 valence electrons. The van der Waals surface area contributed by atoms with E-state index in [0.29, 0.717) is 0 Å². The first-order valence-corrected chi connectivity index (χ1v) is 6.86. The van der Waals surface area contributed by atoms with Crippen LogP contribution in [-0.2, 0) is 9.31 Å². The number of hydrogen-bond donors (Lipinski definition) is 0. The number of benzene rings is 1. The predicted octanol–water partition coefficient (Wildman–Crippen LogP) is 2.60. The van der Waals surface area contributed by atoms with Gasteiger partial charge >= 0.3 is 7.12 Å². The Hall–Kier alpha value is -0.905. The Morgan fingerprint density at radius 3 is 2.44 bits per heavy atom. The van der Waals surface area contributed by atoms with E-state index in [1.165, 1.54) is 21.6 Å². The van der Waals surface area contributed by atoms with E-state index >= 15 is 0 Å². The van der Waals surface area contributed by atoms with Gasteiger partial charge in [-0.2, -0.15) is 4.37 Å². The van der Waals surface area contributed by atoms with Crippen molar-refractivity contribution in [3.63, 3.8) is 0 Å². The zero-order chi connectivity index (χ0) is 13.0. The maximum Gasteiger partial charge on any atom is 0.494 e. The van der Waals surface area contributed by atoms with Crippen molar-refractivity contribution in [1.29, 1.82) is 0 Å². The molecule has 1 aromatic heterocycles. The van der Waals surface area contributed by atoms with E-state index in [-0.39, 0.29) is 18.3 Å². The fourth-order valence-electron chi connectivity index (χ4n) is 2.00. The van der Waals surface area contributed by atoms with Crippen LogP contribution < -0.4 is 5.46 Å². The summed E-state index contributed by atoms with van der Waals surface area (Å²) >= 11 is 1.50. The van der Waals surface area contributed by atoms with Gasteiger partial charge in [0.2, 0.25) is 0 Å². The molecule has 2 heterocycles. The van der Waals surface area contributed by atoms with E-state index in [1.807, 2.05) is 6.20 Å².